The number of halogens is 1. The zero-order valence-electron chi connectivity index (χ0n) is 39.7. The quantitative estimate of drug-likeness (QED) is 0.181. The van der Waals surface area contributed by atoms with Gasteiger partial charge in [-0.25, -0.2) is 29.1 Å². The lowest BCUT2D eigenvalue weighted by atomic mass is 9.73. The molecule has 0 spiro atoms. The normalized spacial score (nSPS) is 36.8. The molecule has 2 bridgehead atoms. The van der Waals surface area contributed by atoms with E-state index in [1.807, 2.05) is 32.8 Å². The van der Waals surface area contributed by atoms with Crippen LogP contribution >= 0.6 is 0 Å². The number of aliphatic imine (C=N–C) groups is 1. The van der Waals surface area contributed by atoms with Crippen molar-refractivity contribution in [3.8, 4) is 11.3 Å². The Labute approximate surface area is 380 Å². The summed E-state index contributed by atoms with van der Waals surface area (Å²) in [6.07, 6.45) is -3.53. The van der Waals surface area contributed by atoms with E-state index in [4.69, 9.17) is 34.3 Å². The third kappa shape index (κ3) is 11.8. The number of esters is 1. The average molecular weight is 914 g/mol. The number of ether oxygens (including phenoxy) is 5. The number of aliphatic hydroxyl groups excluding tert-OH is 1. The van der Waals surface area contributed by atoms with E-state index in [1.165, 1.54) is 13.8 Å². The fourth-order valence-electron chi connectivity index (χ4n) is 9.04. The number of aliphatic hydroxyl groups is 2. The molecule has 0 radical (unpaired) electrons. The van der Waals surface area contributed by atoms with Gasteiger partial charge in [-0.15, -0.1) is 0 Å². The van der Waals surface area contributed by atoms with Crippen molar-refractivity contribution in [3.05, 3.63) is 36.4 Å². The van der Waals surface area contributed by atoms with Crippen LogP contribution < -0.4 is 5.73 Å². The number of Topliss-reactive ketones (excluding diaryl/α,β-unsaturated/α-hetero) is 1. The molecule has 3 fully saturated rings. The molecular formula is C46H68FN7O11. The average Bonchev–Trinajstić information content (AvgIpc) is 3.26. The highest BCUT2D eigenvalue weighted by atomic mass is 19.1. The number of alkyl halides is 1. The summed E-state index contributed by atoms with van der Waals surface area (Å²) in [6, 6.07) is 4.80. The molecule has 4 N–H and O–H groups in total. The summed E-state index contributed by atoms with van der Waals surface area (Å²) in [5.41, 5.74) is 0.635. The first-order chi connectivity index (χ1) is 30.4. The Bertz CT molecular complexity index is 2050. The van der Waals surface area contributed by atoms with Gasteiger partial charge in [0, 0.05) is 47.5 Å². The van der Waals surface area contributed by atoms with E-state index in [9.17, 15) is 24.6 Å². The van der Waals surface area contributed by atoms with Gasteiger partial charge in [-0.05, 0) is 79.1 Å². The predicted molar refractivity (Wildman–Crippen MR) is 238 cm³/mol. The molecule has 360 valence electrons. The molecule has 5 heterocycles. The lowest BCUT2D eigenvalue weighted by Crippen LogP contribution is -2.61. The molecule has 0 aromatic carbocycles. The largest absolute Gasteiger partial charge is 0.457 e. The summed E-state index contributed by atoms with van der Waals surface area (Å²) in [6.45, 7) is 14.9. The third-order valence-corrected chi connectivity index (χ3v) is 12.7. The number of pyridine rings is 1. The number of amides is 1. The Morgan fingerprint density at radius 2 is 1.75 bits per heavy atom. The minimum atomic E-state index is -3.24. The second kappa shape index (κ2) is 21.1. The highest BCUT2D eigenvalue weighted by Gasteiger charge is 2.56. The summed E-state index contributed by atoms with van der Waals surface area (Å²) in [5.74, 6) is -6.01. The van der Waals surface area contributed by atoms with E-state index in [2.05, 4.69) is 25.1 Å². The number of fused-ring (bicyclic) bond motifs is 5. The fraction of sp³-hybridized carbons (Fsp3) is 0.696. The number of hydrogen-bond donors (Lipinski definition) is 3. The van der Waals surface area contributed by atoms with E-state index in [0.29, 0.717) is 29.2 Å². The number of carbonyl (C=O) groups excluding carboxylic acids is 3. The number of nitrogen functional groups attached to an aromatic ring is 1. The van der Waals surface area contributed by atoms with Gasteiger partial charge in [0.25, 0.3) is 5.67 Å². The first-order valence-electron chi connectivity index (χ1n) is 22.3. The maximum Gasteiger partial charge on any atom is 0.351 e. The molecule has 19 heteroatoms. The fourth-order valence-corrected chi connectivity index (χ4v) is 9.04. The maximum atomic E-state index is 17.0. The Morgan fingerprint density at radius 3 is 2.37 bits per heavy atom. The van der Waals surface area contributed by atoms with Crippen molar-refractivity contribution in [1.82, 2.24) is 19.9 Å². The van der Waals surface area contributed by atoms with E-state index in [1.54, 1.807) is 65.2 Å². The summed E-state index contributed by atoms with van der Waals surface area (Å²) in [4.78, 5) is 67.4. The molecule has 5 rings (SSSR count). The standard InChI is InChI=1S/C46H68FN7O11/c1-13-33-46(10,59)40-27(6)36(52-41(57)24(2)3)25(4)18-44(8,61-22-30(21-60-40)53-62-23-35-49-19-29(20-50-35)31-15-14-16-34(48)51-31)39(28(7)38(56)45(9,47)43(58)64-33)65-42-37(55)32(54(11)12)17-26(5)63-42/h14-16,19-20,24-28,32-33,37,39-40,42,55,59H,13,17-18,21-23H2,1-12H3,(H2,48,51)/b52-36?,53-30+/t25-,26-,27+,28+,32+,33-,37-,39-,40+,42+,44-,45+,46-/m1/s1. The number of likely N-dealkylation sites (N-methyl/N-ethyl adjacent to an activating group) is 1. The Morgan fingerprint density at radius 1 is 1.08 bits per heavy atom. The van der Waals surface area contributed by atoms with Crippen molar-refractivity contribution in [3.63, 3.8) is 0 Å². The predicted octanol–water partition coefficient (Wildman–Crippen LogP) is 4.28. The van der Waals surface area contributed by atoms with Gasteiger partial charge in [-0.1, -0.05) is 52.8 Å². The zero-order valence-corrected chi connectivity index (χ0v) is 39.7. The molecule has 3 aliphatic rings. The van der Waals surface area contributed by atoms with E-state index < -0.39 is 101 Å². The van der Waals surface area contributed by atoms with Crippen LogP contribution in [0.2, 0.25) is 0 Å². The maximum absolute atomic E-state index is 17.0. The first kappa shape index (κ1) is 51.6. The monoisotopic (exact) mass is 913 g/mol. The summed E-state index contributed by atoms with van der Waals surface area (Å²) >= 11 is 0. The van der Waals surface area contributed by atoms with Gasteiger partial charge in [0.05, 0.1) is 42.8 Å². The number of oxime groups is 1. The molecule has 0 saturated carbocycles. The van der Waals surface area contributed by atoms with Gasteiger partial charge in [0.15, 0.2) is 24.5 Å². The number of ketones is 1. The topological polar surface area (TPSA) is 240 Å². The van der Waals surface area contributed by atoms with Gasteiger partial charge in [0.2, 0.25) is 5.91 Å². The highest BCUT2D eigenvalue weighted by Crippen LogP contribution is 2.41. The van der Waals surface area contributed by atoms with Crippen molar-refractivity contribution in [2.75, 3.05) is 33.0 Å². The van der Waals surface area contributed by atoms with Gasteiger partial charge in [-0.3, -0.25) is 9.59 Å². The molecule has 2 aromatic rings. The lowest BCUT2D eigenvalue weighted by Gasteiger charge is -2.47. The van der Waals surface area contributed by atoms with Crippen LogP contribution in [0.1, 0.15) is 94.3 Å². The van der Waals surface area contributed by atoms with Crippen molar-refractivity contribution in [2.45, 2.75) is 155 Å². The van der Waals surface area contributed by atoms with Crippen LogP contribution in [0.4, 0.5) is 10.2 Å². The van der Waals surface area contributed by atoms with Crippen LogP contribution in [0.3, 0.4) is 0 Å². The Hall–Kier alpha value is -4.37. The molecule has 0 aliphatic carbocycles. The smallest absolute Gasteiger partial charge is 0.351 e. The van der Waals surface area contributed by atoms with Crippen molar-refractivity contribution >= 4 is 34.9 Å². The van der Waals surface area contributed by atoms with Crippen LogP contribution in [-0.2, 0) is 49.5 Å². The zero-order chi connectivity index (χ0) is 48.2. The SMILES string of the molecule is CC[C@H]1OC(=O)[C@@](C)(F)C(=O)[C@H](C)[C@@H](O[C@@H]2O[C@H](C)C[C@H](N(C)C)[C@H]2O)[C@@]2(C)C[C@@H](C)C(=NC(=O)C(C)C)[C@H](C)[C@H](OC/C(=N\OCc3ncc(-c4cccc(N)n4)cn3)CO2)[C@]1(C)O. The number of nitrogens with two attached hydrogens (primary N) is 1. The number of anilines is 1. The summed E-state index contributed by atoms with van der Waals surface area (Å²) < 4.78 is 49.0. The molecule has 0 unspecified atom stereocenters. The molecule has 2 aromatic heterocycles. The Kier molecular flexibility index (Phi) is 16.7. The van der Waals surface area contributed by atoms with Crippen LogP contribution in [0, 0.1) is 23.7 Å². The summed E-state index contributed by atoms with van der Waals surface area (Å²) in [7, 11) is 3.62. The van der Waals surface area contributed by atoms with E-state index in [-0.39, 0.29) is 44.2 Å². The van der Waals surface area contributed by atoms with Crippen molar-refractivity contribution in [2.24, 2.45) is 33.8 Å². The van der Waals surface area contributed by atoms with E-state index in [0.717, 1.165) is 6.92 Å². The minimum Gasteiger partial charge on any atom is -0.457 e. The van der Waals surface area contributed by atoms with Crippen LogP contribution in [0.25, 0.3) is 11.3 Å². The molecule has 13 atom stereocenters. The van der Waals surface area contributed by atoms with Crippen LogP contribution in [-0.4, -0.2) is 146 Å². The second-order valence-corrected chi connectivity index (χ2v) is 18.8. The number of carbonyl (C=O) groups is 3. The molecule has 3 aliphatic heterocycles. The van der Waals surface area contributed by atoms with E-state index >= 15 is 4.39 Å². The highest BCUT2D eigenvalue weighted by molar-refractivity contribution is 6.08. The van der Waals surface area contributed by atoms with Gasteiger partial charge >= 0.3 is 5.97 Å². The van der Waals surface area contributed by atoms with Crippen LogP contribution in [0.5, 0.6) is 0 Å². The number of nitrogens with zero attached hydrogens (tertiary/aromatic N) is 6. The van der Waals surface area contributed by atoms with Gasteiger partial charge < -0.3 is 49.4 Å². The minimum absolute atomic E-state index is 0.0188. The lowest BCUT2D eigenvalue weighted by molar-refractivity contribution is -0.296. The molecule has 18 nitrogen and oxygen atoms in total. The number of aromatic nitrogens is 3. The van der Waals surface area contributed by atoms with Gasteiger partial charge in [0.1, 0.15) is 29.3 Å². The third-order valence-electron chi connectivity index (χ3n) is 12.7. The summed E-state index contributed by atoms with van der Waals surface area (Å²) in [5, 5.41) is 28.6. The van der Waals surface area contributed by atoms with Crippen molar-refractivity contribution < 1.29 is 57.5 Å². The number of cyclic esters (lactones) is 1. The Balaban J connectivity index is 1.67. The number of rotatable bonds is 9. The molecule has 3 saturated heterocycles. The first-order valence-corrected chi connectivity index (χ1v) is 22.3. The molecule has 65 heavy (non-hydrogen) atoms. The van der Waals surface area contributed by atoms with Gasteiger partial charge in [-0.2, -0.15) is 0 Å². The molecular weight excluding hydrogens is 846 g/mol. The van der Waals surface area contributed by atoms with Crippen molar-refractivity contribution in [1.29, 1.82) is 0 Å². The van der Waals surface area contributed by atoms with Crippen LogP contribution in [0.15, 0.2) is 40.7 Å². The molecule has 1 amide bonds. The number of hydrogen-bond acceptors (Lipinski definition) is 17. The second-order valence-electron chi connectivity index (χ2n) is 18.8.